The molecule has 0 radical (unpaired) electrons. The van der Waals surface area contributed by atoms with Gasteiger partial charge in [-0.2, -0.15) is 0 Å². The summed E-state index contributed by atoms with van der Waals surface area (Å²) in [5.74, 6) is 0. The normalized spacial score (nSPS) is 21.8. The molecule has 0 aromatic carbocycles. The van der Waals surface area contributed by atoms with E-state index in [-0.39, 0.29) is 0 Å². The average Bonchev–Trinajstić information content (AvgIpc) is 2.51. The molecule has 0 unspecified atom stereocenters. The van der Waals surface area contributed by atoms with Crippen LogP contribution in [0.15, 0.2) is 18.1 Å². The van der Waals surface area contributed by atoms with Crippen molar-refractivity contribution in [3.63, 3.8) is 0 Å². The van der Waals surface area contributed by atoms with Crippen molar-refractivity contribution in [3.05, 3.63) is 29.5 Å². The summed E-state index contributed by atoms with van der Waals surface area (Å²) in [7, 11) is -0.992. The molecular weight excluding hydrogens is 246 g/mol. The van der Waals surface area contributed by atoms with Crippen LogP contribution in [0.1, 0.15) is 39.1 Å². The van der Waals surface area contributed by atoms with Gasteiger partial charge in [0.25, 0.3) is 0 Å². The molecule has 1 aromatic heterocycles. The highest BCUT2D eigenvalue weighted by Crippen LogP contribution is 2.38. The number of halogens is 1. The molecule has 1 aliphatic heterocycles. The zero-order chi connectivity index (χ0) is 14.3. The molecule has 19 heavy (non-hydrogen) atoms. The van der Waals surface area contributed by atoms with Gasteiger partial charge in [-0.05, 0) is 40.7 Å². The Morgan fingerprint density at radius 1 is 1.16 bits per heavy atom. The minimum Gasteiger partial charge on any atom is -0.398 e. The van der Waals surface area contributed by atoms with Gasteiger partial charge in [0, 0.05) is 6.20 Å². The van der Waals surface area contributed by atoms with Crippen molar-refractivity contribution < 1.29 is 13.7 Å². The molecule has 102 valence electrons. The molecule has 0 saturated carbocycles. The SMILES string of the molecule is Cc1cnc(C=C(F)B2OC(C)(C)C(C)(C)O2)cn1. The predicted molar refractivity (Wildman–Crippen MR) is 71.9 cm³/mol. The average molecular weight is 264 g/mol. The Morgan fingerprint density at radius 2 is 1.74 bits per heavy atom. The minimum absolute atomic E-state index is 0.442. The van der Waals surface area contributed by atoms with Crippen LogP contribution in [0.2, 0.25) is 0 Å². The first-order valence-electron chi connectivity index (χ1n) is 6.23. The van der Waals surface area contributed by atoms with Gasteiger partial charge >= 0.3 is 7.12 Å². The van der Waals surface area contributed by atoms with Crippen molar-refractivity contribution in [1.29, 1.82) is 0 Å². The highest BCUT2D eigenvalue weighted by molar-refractivity contribution is 6.54. The van der Waals surface area contributed by atoms with E-state index in [2.05, 4.69) is 9.97 Å². The largest absolute Gasteiger partial charge is 0.525 e. The Balaban J connectivity index is 2.17. The molecule has 2 rings (SSSR count). The first kappa shape index (κ1) is 14.2. The molecule has 1 aliphatic rings. The second-order valence-electron chi connectivity index (χ2n) is 5.70. The summed E-state index contributed by atoms with van der Waals surface area (Å²) in [4.78, 5) is 8.13. The molecule has 0 amide bonds. The summed E-state index contributed by atoms with van der Waals surface area (Å²) in [5, 5.41) is 0. The highest BCUT2D eigenvalue weighted by Gasteiger charge is 2.53. The summed E-state index contributed by atoms with van der Waals surface area (Å²) in [6.07, 6.45) is 4.39. The first-order chi connectivity index (χ1) is 8.71. The Kier molecular flexibility index (Phi) is 3.49. The molecule has 1 aromatic rings. The molecular formula is C13H18BFN2O2. The van der Waals surface area contributed by atoms with Crippen molar-refractivity contribution in [2.75, 3.05) is 0 Å². The van der Waals surface area contributed by atoms with Crippen molar-refractivity contribution >= 4 is 13.2 Å². The van der Waals surface area contributed by atoms with Gasteiger partial charge in [0.2, 0.25) is 0 Å². The Morgan fingerprint density at radius 3 is 2.21 bits per heavy atom. The highest BCUT2D eigenvalue weighted by atomic mass is 19.1. The van der Waals surface area contributed by atoms with E-state index in [1.54, 1.807) is 6.20 Å². The molecule has 0 spiro atoms. The van der Waals surface area contributed by atoms with Crippen molar-refractivity contribution in [2.24, 2.45) is 0 Å². The van der Waals surface area contributed by atoms with Crippen molar-refractivity contribution in [2.45, 2.75) is 45.8 Å². The quantitative estimate of drug-likeness (QED) is 0.770. The fraction of sp³-hybridized carbons (Fsp3) is 0.538. The second kappa shape index (κ2) is 4.69. The summed E-state index contributed by atoms with van der Waals surface area (Å²) >= 11 is 0. The monoisotopic (exact) mass is 264 g/mol. The van der Waals surface area contributed by atoms with E-state index in [4.69, 9.17) is 9.31 Å². The molecule has 2 heterocycles. The number of aromatic nitrogens is 2. The summed E-state index contributed by atoms with van der Waals surface area (Å²) < 4.78 is 25.3. The van der Waals surface area contributed by atoms with E-state index in [1.165, 1.54) is 12.3 Å². The number of hydrogen-bond donors (Lipinski definition) is 0. The lowest BCUT2D eigenvalue weighted by Crippen LogP contribution is -2.41. The van der Waals surface area contributed by atoms with Gasteiger partial charge in [0.1, 0.15) is 5.73 Å². The van der Waals surface area contributed by atoms with Gasteiger partial charge in [-0.1, -0.05) is 0 Å². The van der Waals surface area contributed by atoms with Crippen LogP contribution in [0, 0.1) is 6.92 Å². The zero-order valence-corrected chi connectivity index (χ0v) is 11.9. The first-order valence-corrected chi connectivity index (χ1v) is 6.23. The Bertz CT molecular complexity index is 484. The third-order valence-electron chi connectivity index (χ3n) is 3.57. The van der Waals surface area contributed by atoms with Gasteiger partial charge in [-0.3, -0.25) is 9.97 Å². The molecule has 0 aliphatic carbocycles. The predicted octanol–water partition coefficient (Wildman–Crippen LogP) is 2.73. The Labute approximate surface area is 113 Å². The smallest absolute Gasteiger partial charge is 0.398 e. The van der Waals surface area contributed by atoms with Crippen LogP contribution in [0.4, 0.5) is 4.39 Å². The maximum Gasteiger partial charge on any atom is 0.525 e. The van der Waals surface area contributed by atoms with Crippen LogP contribution < -0.4 is 0 Å². The fourth-order valence-electron chi connectivity index (χ4n) is 1.64. The lowest BCUT2D eigenvalue weighted by Gasteiger charge is -2.32. The molecule has 0 bridgehead atoms. The lowest BCUT2D eigenvalue weighted by molar-refractivity contribution is 0.00578. The number of aryl methyl sites for hydroxylation is 1. The Hall–Kier alpha value is -1.27. The lowest BCUT2D eigenvalue weighted by atomic mass is 9.87. The van der Waals surface area contributed by atoms with Gasteiger partial charge in [0.05, 0.1) is 28.8 Å². The molecule has 0 atom stereocenters. The van der Waals surface area contributed by atoms with Gasteiger partial charge < -0.3 is 9.31 Å². The summed E-state index contributed by atoms with van der Waals surface area (Å²) in [6.45, 7) is 9.35. The third-order valence-corrected chi connectivity index (χ3v) is 3.57. The third kappa shape index (κ3) is 2.85. The van der Waals surface area contributed by atoms with Crippen LogP contribution >= 0.6 is 0 Å². The topological polar surface area (TPSA) is 44.2 Å². The molecule has 0 N–H and O–H groups in total. The van der Waals surface area contributed by atoms with E-state index < -0.39 is 24.0 Å². The summed E-state index contributed by atoms with van der Waals surface area (Å²) in [5.41, 5.74) is -0.383. The van der Waals surface area contributed by atoms with Crippen molar-refractivity contribution in [1.82, 2.24) is 9.97 Å². The molecule has 1 fully saturated rings. The van der Waals surface area contributed by atoms with Crippen LogP contribution in [-0.2, 0) is 9.31 Å². The van der Waals surface area contributed by atoms with Crippen LogP contribution in [0.25, 0.3) is 6.08 Å². The summed E-state index contributed by atoms with van der Waals surface area (Å²) in [6, 6.07) is 0. The van der Waals surface area contributed by atoms with Gasteiger partial charge in [-0.15, -0.1) is 0 Å². The second-order valence-corrected chi connectivity index (χ2v) is 5.70. The van der Waals surface area contributed by atoms with Crippen LogP contribution in [0.5, 0.6) is 0 Å². The number of nitrogens with zero attached hydrogens (tertiary/aromatic N) is 2. The van der Waals surface area contributed by atoms with Crippen LogP contribution in [0.3, 0.4) is 0 Å². The molecule has 6 heteroatoms. The maximum absolute atomic E-state index is 14.1. The molecule has 4 nitrogen and oxygen atoms in total. The van der Waals surface area contributed by atoms with E-state index in [9.17, 15) is 4.39 Å². The van der Waals surface area contributed by atoms with Crippen LogP contribution in [-0.4, -0.2) is 28.3 Å². The van der Waals surface area contributed by atoms with Crippen molar-refractivity contribution in [3.8, 4) is 0 Å². The van der Waals surface area contributed by atoms with E-state index in [0.29, 0.717) is 5.69 Å². The zero-order valence-electron chi connectivity index (χ0n) is 11.9. The van der Waals surface area contributed by atoms with E-state index >= 15 is 0 Å². The van der Waals surface area contributed by atoms with Gasteiger partial charge in [-0.25, -0.2) is 4.39 Å². The number of hydrogen-bond acceptors (Lipinski definition) is 4. The standard InChI is InChI=1S/C13H18BFN2O2/c1-9-7-17-10(8-16-9)6-11(15)14-18-12(2,3)13(4,5)19-14/h6-8H,1-5H3. The van der Waals surface area contributed by atoms with Gasteiger partial charge in [0.15, 0.2) is 0 Å². The number of rotatable bonds is 2. The fourth-order valence-corrected chi connectivity index (χ4v) is 1.64. The minimum atomic E-state index is -0.992. The van der Waals surface area contributed by atoms with E-state index in [0.717, 1.165) is 5.69 Å². The maximum atomic E-state index is 14.1. The van der Waals surface area contributed by atoms with E-state index in [1.807, 2.05) is 34.6 Å². The molecule has 1 saturated heterocycles.